The summed E-state index contributed by atoms with van der Waals surface area (Å²) in [7, 11) is 0. The van der Waals surface area contributed by atoms with E-state index in [9.17, 15) is 14.4 Å². The molecule has 0 radical (unpaired) electrons. The molecule has 0 spiro atoms. The van der Waals surface area contributed by atoms with Crippen molar-refractivity contribution in [2.24, 2.45) is 0 Å². The van der Waals surface area contributed by atoms with Gasteiger partial charge in [-0.2, -0.15) is 0 Å². The molecule has 7 nitrogen and oxygen atoms in total. The summed E-state index contributed by atoms with van der Waals surface area (Å²) in [5.74, 6) is -0.835. The van der Waals surface area contributed by atoms with E-state index >= 15 is 0 Å². The Morgan fingerprint density at radius 3 is 2.49 bits per heavy atom. The van der Waals surface area contributed by atoms with E-state index in [0.717, 1.165) is 19.9 Å². The monoisotopic (exact) mass is 516 g/mol. The highest BCUT2D eigenvalue weighted by atomic mass is 32.2. The molecule has 0 fully saturated rings. The van der Waals surface area contributed by atoms with Crippen LogP contribution in [0.15, 0.2) is 70.5 Å². The minimum Gasteiger partial charge on any atom is -0.301 e. The minimum atomic E-state index is -0.374. The number of hydrogen-bond acceptors (Lipinski definition) is 8. The summed E-state index contributed by atoms with van der Waals surface area (Å²) >= 11 is 4.14. The second-order valence-electron chi connectivity index (χ2n) is 7.87. The number of aromatic nitrogens is 2. The number of hydrogen-bond donors (Lipinski definition) is 1. The minimum absolute atomic E-state index is 0.151. The largest absolute Gasteiger partial charge is 0.301 e. The Morgan fingerprint density at radius 1 is 1.06 bits per heavy atom. The van der Waals surface area contributed by atoms with Crippen LogP contribution in [0.25, 0.3) is 21.0 Å². The summed E-state index contributed by atoms with van der Waals surface area (Å²) < 4.78 is 1.56. The SMILES string of the molecule is C[C@@H](Sc1nc2ccc(N3C(=O)c4cccc5cccc(c45)C3=O)cc2s1)C(=O)Nc1nccs1. The fourth-order valence-electron chi connectivity index (χ4n) is 4.04. The van der Waals surface area contributed by atoms with Crippen molar-refractivity contribution in [3.63, 3.8) is 0 Å². The van der Waals surface area contributed by atoms with Gasteiger partial charge in [0.05, 0.1) is 21.2 Å². The summed E-state index contributed by atoms with van der Waals surface area (Å²) in [5, 5.41) is 6.35. The molecule has 6 rings (SSSR count). The fraction of sp³-hybridized carbons (Fsp3) is 0.0800. The molecule has 0 aliphatic carbocycles. The van der Waals surface area contributed by atoms with Crippen LogP contribution in [-0.2, 0) is 4.79 Å². The molecular weight excluding hydrogens is 501 g/mol. The van der Waals surface area contributed by atoms with E-state index in [1.807, 2.05) is 31.2 Å². The quantitative estimate of drug-likeness (QED) is 0.234. The molecule has 0 unspecified atom stereocenters. The van der Waals surface area contributed by atoms with Gasteiger partial charge in [0.1, 0.15) is 0 Å². The van der Waals surface area contributed by atoms with Gasteiger partial charge in [-0.1, -0.05) is 36.0 Å². The summed E-state index contributed by atoms with van der Waals surface area (Å²) in [4.78, 5) is 49.1. The van der Waals surface area contributed by atoms with E-state index in [2.05, 4.69) is 15.3 Å². The first-order chi connectivity index (χ1) is 17.0. The van der Waals surface area contributed by atoms with Crippen LogP contribution in [0.3, 0.4) is 0 Å². The third-order valence-corrected chi connectivity index (χ3v) is 8.59. The van der Waals surface area contributed by atoms with Gasteiger partial charge in [0.25, 0.3) is 11.8 Å². The summed E-state index contributed by atoms with van der Waals surface area (Å²) in [5.41, 5.74) is 2.26. The molecule has 1 aliphatic rings. The van der Waals surface area contributed by atoms with Crippen molar-refractivity contribution in [2.75, 3.05) is 10.2 Å². The third-order valence-electron chi connectivity index (χ3n) is 5.69. The average molecular weight is 517 g/mol. The smallest absolute Gasteiger partial charge is 0.265 e. The predicted octanol–water partition coefficient (Wildman–Crippen LogP) is 5.83. The number of carbonyl (C=O) groups is 3. The van der Waals surface area contributed by atoms with Crippen molar-refractivity contribution < 1.29 is 14.4 Å². The molecular formula is C25H16N4O3S3. The maximum absolute atomic E-state index is 13.3. The van der Waals surface area contributed by atoms with E-state index in [-0.39, 0.29) is 23.0 Å². The Morgan fingerprint density at radius 2 is 1.80 bits per heavy atom. The number of fused-ring (bicyclic) bond motifs is 1. The molecule has 172 valence electrons. The van der Waals surface area contributed by atoms with Gasteiger partial charge in [-0.15, -0.1) is 22.7 Å². The molecule has 3 amide bonds. The number of thiazole rings is 2. The van der Waals surface area contributed by atoms with Crippen LogP contribution in [0.4, 0.5) is 10.8 Å². The van der Waals surface area contributed by atoms with Crippen LogP contribution < -0.4 is 10.2 Å². The van der Waals surface area contributed by atoms with Crippen molar-refractivity contribution in [1.29, 1.82) is 0 Å². The second kappa shape index (κ2) is 8.56. The van der Waals surface area contributed by atoms with Crippen LogP contribution in [0.2, 0.25) is 0 Å². The highest BCUT2D eigenvalue weighted by molar-refractivity contribution is 8.02. The predicted molar refractivity (Wildman–Crippen MR) is 141 cm³/mol. The Labute approximate surface area is 211 Å². The Hall–Kier alpha value is -3.60. The molecule has 3 heterocycles. The maximum atomic E-state index is 13.3. The average Bonchev–Trinajstić information content (AvgIpc) is 3.51. The first-order valence-corrected chi connectivity index (χ1v) is 13.3. The maximum Gasteiger partial charge on any atom is 0.265 e. The molecule has 3 aromatic carbocycles. The first-order valence-electron chi connectivity index (χ1n) is 10.7. The zero-order valence-electron chi connectivity index (χ0n) is 18.2. The number of carbonyl (C=O) groups excluding carboxylic acids is 3. The number of amides is 3. The molecule has 1 atom stereocenters. The van der Waals surface area contributed by atoms with E-state index in [1.165, 1.54) is 39.3 Å². The number of nitrogens with one attached hydrogen (secondary N) is 1. The van der Waals surface area contributed by atoms with Crippen LogP contribution in [0.5, 0.6) is 0 Å². The van der Waals surface area contributed by atoms with E-state index in [1.54, 1.807) is 41.9 Å². The lowest BCUT2D eigenvalue weighted by Gasteiger charge is -2.27. The van der Waals surface area contributed by atoms with Crippen LogP contribution >= 0.6 is 34.4 Å². The van der Waals surface area contributed by atoms with Crippen LogP contribution in [0, 0.1) is 0 Å². The summed E-state index contributed by atoms with van der Waals surface area (Å²) in [6.07, 6.45) is 1.64. The molecule has 1 aliphatic heterocycles. The Bertz CT molecular complexity index is 1590. The lowest BCUT2D eigenvalue weighted by atomic mass is 9.94. The van der Waals surface area contributed by atoms with Gasteiger partial charge in [0.15, 0.2) is 9.47 Å². The summed E-state index contributed by atoms with van der Waals surface area (Å²) in [6, 6.07) is 16.3. The van der Waals surface area contributed by atoms with E-state index in [4.69, 9.17) is 0 Å². The number of anilines is 2. The Balaban J connectivity index is 1.29. The second-order valence-corrected chi connectivity index (χ2v) is 11.4. The van der Waals surface area contributed by atoms with Crippen LogP contribution in [0.1, 0.15) is 27.6 Å². The van der Waals surface area contributed by atoms with Gasteiger partial charge in [0, 0.05) is 28.1 Å². The molecule has 35 heavy (non-hydrogen) atoms. The van der Waals surface area contributed by atoms with Crippen molar-refractivity contribution in [2.45, 2.75) is 16.5 Å². The van der Waals surface area contributed by atoms with Crippen molar-refractivity contribution in [3.8, 4) is 0 Å². The van der Waals surface area contributed by atoms with Gasteiger partial charge in [-0.25, -0.2) is 14.9 Å². The topological polar surface area (TPSA) is 92.3 Å². The highest BCUT2D eigenvalue weighted by Gasteiger charge is 2.34. The summed E-state index contributed by atoms with van der Waals surface area (Å²) in [6.45, 7) is 1.81. The molecule has 1 N–H and O–H groups in total. The molecule has 0 saturated carbocycles. The zero-order chi connectivity index (χ0) is 24.1. The standard InChI is InChI=1S/C25H16N4O3S3/c1-13(21(30)28-24-26-10-11-33-24)34-25-27-18-9-8-15(12-19(18)35-25)29-22(31)16-6-2-4-14-5-3-7-17(20(14)16)23(29)32/h2-13H,1H3,(H,26,28,30)/t13-/m1/s1. The Kier molecular flexibility index (Phi) is 5.36. The van der Waals surface area contributed by atoms with Gasteiger partial charge in [-0.3, -0.25) is 14.4 Å². The molecule has 5 aromatic rings. The molecule has 10 heteroatoms. The van der Waals surface area contributed by atoms with E-state index in [0.29, 0.717) is 27.3 Å². The van der Waals surface area contributed by atoms with Crippen molar-refractivity contribution in [3.05, 3.63) is 77.3 Å². The van der Waals surface area contributed by atoms with Crippen LogP contribution in [-0.4, -0.2) is 32.9 Å². The third kappa shape index (κ3) is 3.79. The van der Waals surface area contributed by atoms with Gasteiger partial charge in [0.2, 0.25) is 5.91 Å². The molecule has 0 saturated heterocycles. The lowest BCUT2D eigenvalue weighted by Crippen LogP contribution is -2.40. The van der Waals surface area contributed by atoms with Gasteiger partial charge in [-0.05, 0) is 42.6 Å². The number of benzene rings is 3. The molecule has 0 bridgehead atoms. The van der Waals surface area contributed by atoms with Crippen molar-refractivity contribution in [1.82, 2.24) is 9.97 Å². The van der Waals surface area contributed by atoms with E-state index < -0.39 is 0 Å². The van der Waals surface area contributed by atoms with Crippen molar-refractivity contribution >= 4 is 84.0 Å². The first kappa shape index (κ1) is 21.9. The van der Waals surface area contributed by atoms with Gasteiger partial charge >= 0.3 is 0 Å². The zero-order valence-corrected chi connectivity index (χ0v) is 20.7. The lowest BCUT2D eigenvalue weighted by molar-refractivity contribution is -0.115. The number of rotatable bonds is 5. The normalized spacial score (nSPS) is 14.0. The van der Waals surface area contributed by atoms with Gasteiger partial charge < -0.3 is 5.32 Å². The number of imide groups is 1. The molecule has 2 aromatic heterocycles. The fourth-order valence-corrected chi connectivity index (χ4v) is 6.82. The number of nitrogens with zero attached hydrogens (tertiary/aromatic N) is 3. The highest BCUT2D eigenvalue weighted by Crippen LogP contribution is 2.37. The number of thioether (sulfide) groups is 1.